The van der Waals surface area contributed by atoms with Gasteiger partial charge in [0.2, 0.25) is 15.9 Å². The molecule has 5 nitrogen and oxygen atoms in total. The van der Waals surface area contributed by atoms with Crippen molar-refractivity contribution < 1.29 is 22.0 Å². The molecule has 1 N–H and O–H groups in total. The molecule has 1 heterocycles. The molecule has 0 bridgehead atoms. The molecule has 9 heteroatoms. The molecule has 1 saturated heterocycles. The van der Waals surface area contributed by atoms with Crippen LogP contribution in [0.25, 0.3) is 6.08 Å². The lowest BCUT2D eigenvalue weighted by Gasteiger charge is -2.18. The van der Waals surface area contributed by atoms with Gasteiger partial charge < -0.3 is 5.32 Å². The largest absolute Gasteiger partial charge is 0.321 e. The summed E-state index contributed by atoms with van der Waals surface area (Å²) >= 11 is 6.06. The van der Waals surface area contributed by atoms with E-state index in [4.69, 9.17) is 11.6 Å². The number of halogens is 3. The number of hydrogen-bond donors (Lipinski definition) is 1. The van der Waals surface area contributed by atoms with Crippen molar-refractivity contribution in [2.75, 3.05) is 21.9 Å². The van der Waals surface area contributed by atoms with Gasteiger partial charge in [0.25, 0.3) is 0 Å². The fourth-order valence-corrected chi connectivity index (χ4v) is 4.42. The van der Waals surface area contributed by atoms with Crippen LogP contribution in [0.2, 0.25) is 5.02 Å². The molecule has 0 unspecified atom stereocenters. The van der Waals surface area contributed by atoms with Gasteiger partial charge in [-0.3, -0.25) is 9.10 Å². The number of rotatable bonds is 4. The monoisotopic (exact) mass is 412 g/mol. The van der Waals surface area contributed by atoms with Gasteiger partial charge >= 0.3 is 0 Å². The molecule has 142 valence electrons. The maximum absolute atomic E-state index is 13.6. The van der Waals surface area contributed by atoms with Crippen LogP contribution in [0.15, 0.2) is 42.5 Å². The molecule has 0 spiro atoms. The Kier molecular flexibility index (Phi) is 5.48. The second-order valence-electron chi connectivity index (χ2n) is 5.86. The van der Waals surface area contributed by atoms with E-state index in [1.54, 1.807) is 6.07 Å². The van der Waals surface area contributed by atoms with Gasteiger partial charge in [-0.15, -0.1) is 0 Å². The van der Waals surface area contributed by atoms with Crippen LogP contribution in [0.3, 0.4) is 0 Å². The number of nitrogens with one attached hydrogen (secondary N) is 1. The highest BCUT2D eigenvalue weighted by molar-refractivity contribution is 7.93. The minimum Gasteiger partial charge on any atom is -0.321 e. The van der Waals surface area contributed by atoms with Crippen LogP contribution in [0.4, 0.5) is 20.2 Å². The molecule has 1 amide bonds. The second kappa shape index (κ2) is 7.66. The third-order valence-electron chi connectivity index (χ3n) is 4.00. The zero-order chi connectivity index (χ0) is 19.6. The zero-order valence-electron chi connectivity index (χ0n) is 14.0. The summed E-state index contributed by atoms with van der Waals surface area (Å²) in [6, 6.07) is 7.85. The Morgan fingerprint density at radius 3 is 2.52 bits per heavy atom. The van der Waals surface area contributed by atoms with Crippen molar-refractivity contribution in [3.05, 3.63) is 64.7 Å². The Labute approximate surface area is 160 Å². The smallest absolute Gasteiger partial charge is 0.248 e. The number of amides is 1. The number of benzene rings is 2. The molecule has 1 fully saturated rings. The van der Waals surface area contributed by atoms with E-state index < -0.39 is 27.6 Å². The number of carbonyl (C=O) groups is 1. The summed E-state index contributed by atoms with van der Waals surface area (Å²) in [4.78, 5) is 12.1. The first-order valence-corrected chi connectivity index (χ1v) is 10.00. The van der Waals surface area contributed by atoms with Crippen molar-refractivity contribution in [1.82, 2.24) is 0 Å². The van der Waals surface area contributed by atoms with Gasteiger partial charge in [-0.05, 0) is 42.8 Å². The molecule has 3 rings (SSSR count). The van der Waals surface area contributed by atoms with E-state index in [0.717, 1.165) is 24.3 Å². The number of carbonyl (C=O) groups excluding carboxylic acids is 1. The topological polar surface area (TPSA) is 66.5 Å². The lowest BCUT2D eigenvalue weighted by Crippen LogP contribution is -2.25. The minimum absolute atomic E-state index is 0.0638. The lowest BCUT2D eigenvalue weighted by atomic mass is 10.2. The zero-order valence-corrected chi connectivity index (χ0v) is 15.5. The van der Waals surface area contributed by atoms with E-state index in [0.29, 0.717) is 18.7 Å². The Balaban J connectivity index is 1.80. The standard InChI is InChI=1S/C18H15ClF2N2O3S/c19-14-7-5-12(23-9-2-10-27(23,25)26)11-17(14)22-18(24)8-6-13-15(20)3-1-4-16(13)21/h1,3-8,11H,2,9-10H2,(H,22,24)/b8-6+. The molecule has 0 radical (unpaired) electrons. The van der Waals surface area contributed by atoms with E-state index in [-0.39, 0.29) is 22.0 Å². The van der Waals surface area contributed by atoms with E-state index in [2.05, 4.69) is 5.32 Å². The molecular formula is C18H15ClF2N2O3S. The van der Waals surface area contributed by atoms with Crippen molar-refractivity contribution >= 4 is 45.0 Å². The molecule has 1 aliphatic rings. The highest BCUT2D eigenvalue weighted by Crippen LogP contribution is 2.31. The Bertz CT molecular complexity index is 1010. The van der Waals surface area contributed by atoms with Gasteiger partial charge in [0.05, 0.1) is 22.2 Å². The fourth-order valence-electron chi connectivity index (χ4n) is 2.70. The van der Waals surface area contributed by atoms with Gasteiger partial charge in [0.15, 0.2) is 0 Å². The van der Waals surface area contributed by atoms with Gasteiger partial charge in [-0.2, -0.15) is 0 Å². The van der Waals surface area contributed by atoms with Crippen LogP contribution in [0, 0.1) is 11.6 Å². The maximum atomic E-state index is 13.6. The average Bonchev–Trinajstić information content (AvgIpc) is 2.95. The highest BCUT2D eigenvalue weighted by atomic mass is 35.5. The third kappa shape index (κ3) is 4.28. The molecule has 0 atom stereocenters. The highest BCUT2D eigenvalue weighted by Gasteiger charge is 2.28. The summed E-state index contributed by atoms with van der Waals surface area (Å²) in [6.45, 7) is 0.351. The normalized spacial score (nSPS) is 16.0. The Morgan fingerprint density at radius 2 is 1.89 bits per heavy atom. The van der Waals surface area contributed by atoms with Gasteiger partial charge in [-0.1, -0.05) is 17.7 Å². The first-order valence-electron chi connectivity index (χ1n) is 8.01. The molecule has 2 aromatic carbocycles. The predicted octanol–water partition coefficient (Wildman–Crippen LogP) is 3.81. The molecule has 2 aromatic rings. The number of nitrogens with zero attached hydrogens (tertiary/aromatic N) is 1. The summed E-state index contributed by atoms with van der Waals surface area (Å²) in [7, 11) is -3.37. The van der Waals surface area contributed by atoms with Crippen molar-refractivity contribution in [3.63, 3.8) is 0 Å². The summed E-state index contributed by atoms with van der Waals surface area (Å²) < 4.78 is 52.5. The van der Waals surface area contributed by atoms with E-state index >= 15 is 0 Å². The first kappa shape index (κ1) is 19.3. The van der Waals surface area contributed by atoms with Crippen LogP contribution in [-0.4, -0.2) is 26.6 Å². The van der Waals surface area contributed by atoms with Crippen LogP contribution >= 0.6 is 11.6 Å². The van der Waals surface area contributed by atoms with E-state index in [1.807, 2.05) is 0 Å². The Hall–Kier alpha value is -2.45. The summed E-state index contributed by atoms with van der Waals surface area (Å²) in [5, 5.41) is 2.69. The molecule has 1 aliphatic heterocycles. The lowest BCUT2D eigenvalue weighted by molar-refractivity contribution is -0.111. The molecule has 0 aliphatic carbocycles. The van der Waals surface area contributed by atoms with Crippen molar-refractivity contribution in [1.29, 1.82) is 0 Å². The van der Waals surface area contributed by atoms with Gasteiger partial charge in [0, 0.05) is 18.2 Å². The van der Waals surface area contributed by atoms with Gasteiger partial charge in [0.1, 0.15) is 11.6 Å². The van der Waals surface area contributed by atoms with Crippen molar-refractivity contribution in [2.24, 2.45) is 0 Å². The average molecular weight is 413 g/mol. The van der Waals surface area contributed by atoms with Crippen LogP contribution in [0.5, 0.6) is 0 Å². The number of sulfonamides is 1. The summed E-state index contributed by atoms with van der Waals surface area (Å²) in [5.41, 5.74) is 0.243. The Morgan fingerprint density at radius 1 is 1.19 bits per heavy atom. The van der Waals surface area contributed by atoms with Crippen molar-refractivity contribution in [3.8, 4) is 0 Å². The molecule has 0 saturated carbocycles. The van der Waals surface area contributed by atoms with Crippen LogP contribution in [0.1, 0.15) is 12.0 Å². The number of anilines is 2. The first-order chi connectivity index (χ1) is 12.8. The SMILES string of the molecule is O=C(/C=C/c1c(F)cccc1F)Nc1cc(N2CCCS2(=O)=O)ccc1Cl. The molecule has 27 heavy (non-hydrogen) atoms. The van der Waals surface area contributed by atoms with E-state index in [1.165, 1.54) is 22.5 Å². The van der Waals surface area contributed by atoms with Gasteiger partial charge in [-0.25, -0.2) is 17.2 Å². The molecule has 0 aromatic heterocycles. The number of hydrogen-bond acceptors (Lipinski definition) is 3. The fraction of sp³-hybridized carbons (Fsp3) is 0.167. The molecular weight excluding hydrogens is 398 g/mol. The predicted molar refractivity (Wildman–Crippen MR) is 101 cm³/mol. The summed E-state index contributed by atoms with van der Waals surface area (Å²) in [6.07, 6.45) is 2.50. The quantitative estimate of drug-likeness (QED) is 0.776. The third-order valence-corrected chi connectivity index (χ3v) is 6.20. The van der Waals surface area contributed by atoms with Crippen LogP contribution in [-0.2, 0) is 14.8 Å². The minimum atomic E-state index is -3.37. The summed E-state index contributed by atoms with van der Waals surface area (Å²) in [5.74, 6) is -2.19. The van der Waals surface area contributed by atoms with E-state index in [9.17, 15) is 22.0 Å². The van der Waals surface area contributed by atoms with Crippen LogP contribution < -0.4 is 9.62 Å². The van der Waals surface area contributed by atoms with Crippen molar-refractivity contribution in [2.45, 2.75) is 6.42 Å². The maximum Gasteiger partial charge on any atom is 0.248 e. The second-order valence-corrected chi connectivity index (χ2v) is 8.28.